The van der Waals surface area contributed by atoms with E-state index in [0.717, 1.165) is 6.92 Å². The van der Waals surface area contributed by atoms with Gasteiger partial charge in [0.1, 0.15) is 23.9 Å². The van der Waals surface area contributed by atoms with Crippen LogP contribution in [0.25, 0.3) is 0 Å². The van der Waals surface area contributed by atoms with Crippen LogP contribution in [-0.2, 0) is 52.5 Å². The molecule has 2 saturated carbocycles. The Kier molecular flexibility index (Phi) is 12.7. The number of rotatable bonds is 12. The van der Waals surface area contributed by atoms with Gasteiger partial charge in [0.15, 0.2) is 23.6 Å². The number of hydrogen-bond donors (Lipinski definition) is 4. The molecule has 11 atom stereocenters. The molecule has 1 saturated heterocycles. The van der Waals surface area contributed by atoms with Gasteiger partial charge in [-0.15, -0.1) is 0 Å². The van der Waals surface area contributed by atoms with E-state index in [0.29, 0.717) is 5.56 Å². The highest BCUT2D eigenvalue weighted by atomic mass is 16.7. The molecular formula is C47H53N3O14. The summed E-state index contributed by atoms with van der Waals surface area (Å²) in [5.41, 5.74) is -6.67. The maximum atomic E-state index is 15.7. The first kappa shape index (κ1) is 46.2. The van der Waals surface area contributed by atoms with E-state index >= 15 is 4.79 Å². The maximum Gasteiger partial charge on any atom is 0.340 e. The van der Waals surface area contributed by atoms with Crippen LogP contribution in [0.1, 0.15) is 86.7 Å². The number of carbonyl (C=O) groups excluding carboxylic acids is 6. The number of amides is 1. The van der Waals surface area contributed by atoms with Crippen molar-refractivity contribution >= 4 is 35.6 Å². The third-order valence-corrected chi connectivity index (χ3v) is 13.7. The van der Waals surface area contributed by atoms with Gasteiger partial charge in [-0.2, -0.15) is 0 Å². The minimum Gasteiger partial charge on any atom is -0.456 e. The molecule has 0 radical (unpaired) electrons. The van der Waals surface area contributed by atoms with Crippen LogP contribution < -0.4 is 17.1 Å². The molecular weight excluding hydrogens is 831 g/mol. The van der Waals surface area contributed by atoms with Gasteiger partial charge in [0.25, 0.3) is 5.91 Å². The summed E-state index contributed by atoms with van der Waals surface area (Å²) in [6.45, 7) is 8.20. The van der Waals surface area contributed by atoms with E-state index in [1.807, 2.05) is 0 Å². The Labute approximate surface area is 369 Å². The minimum absolute atomic E-state index is 0.0335. The summed E-state index contributed by atoms with van der Waals surface area (Å²) in [5, 5.41) is 16.7. The summed E-state index contributed by atoms with van der Waals surface area (Å²) in [6.07, 6.45) is -9.55. The highest BCUT2D eigenvalue weighted by molar-refractivity contribution is 5.96. The number of esters is 4. The van der Waals surface area contributed by atoms with Gasteiger partial charge in [-0.25, -0.2) is 21.4 Å². The summed E-state index contributed by atoms with van der Waals surface area (Å²) in [4.78, 5) is 95.3. The summed E-state index contributed by atoms with van der Waals surface area (Å²) in [6, 6.07) is 23.4. The number of aliphatic hydroxyl groups is 1. The second-order valence-corrected chi connectivity index (χ2v) is 17.6. The van der Waals surface area contributed by atoms with Gasteiger partial charge in [-0.05, 0) is 54.8 Å². The average molecular weight is 884 g/mol. The third kappa shape index (κ3) is 7.69. The van der Waals surface area contributed by atoms with Crippen molar-refractivity contribution in [1.29, 1.82) is 0 Å². The number of benzene rings is 3. The first-order valence-corrected chi connectivity index (χ1v) is 20.9. The molecule has 0 aromatic heterocycles. The first-order valence-electron chi connectivity index (χ1n) is 20.9. The molecule has 340 valence electrons. The Balaban J connectivity index is 1.41. The van der Waals surface area contributed by atoms with Crippen LogP contribution in [-0.4, -0.2) is 95.1 Å². The standard InChI is InChI=1S/C47H53N3O14/c1-25-31(60-43(56)37(64-49)35(28-16-10-7-11-17-28)50-41(54)29-18-12-8-13-19-29)23-47(57)40(61-42(55)30-20-14-9-15-21-30)38-45(6,39(53)36(59-26(2)51)34(25)44(47,4)5)32(63-48)22-33-46(38,24-58-33)62-27(3)52/h7-21,31-33,35-38,40,57H,22-24,48-49H2,1-6H3,(H,50,54)/t31-,32-,33+,35-,36+,37+,38?,40-,45+,46-,47+/m0/s1. The first-order chi connectivity index (χ1) is 30.3. The Bertz CT molecular complexity index is 2330. The molecule has 0 spiro atoms. The molecule has 17 nitrogen and oxygen atoms in total. The number of hydrogen-bond acceptors (Lipinski definition) is 16. The van der Waals surface area contributed by atoms with E-state index < -0.39 is 113 Å². The van der Waals surface area contributed by atoms with Crippen LogP contribution in [0.5, 0.6) is 0 Å². The van der Waals surface area contributed by atoms with Gasteiger partial charge in [0.2, 0.25) is 0 Å². The van der Waals surface area contributed by atoms with E-state index in [4.69, 9.17) is 45.2 Å². The van der Waals surface area contributed by atoms with Gasteiger partial charge in [0, 0.05) is 37.7 Å². The number of nitrogens with two attached hydrogens (primary N) is 2. The van der Waals surface area contributed by atoms with Crippen molar-refractivity contribution in [2.24, 2.45) is 28.5 Å². The normalized spacial score (nSPS) is 31.2. The number of nitrogens with one attached hydrogen (secondary N) is 1. The summed E-state index contributed by atoms with van der Waals surface area (Å²) < 4.78 is 30.8. The Morgan fingerprint density at radius 2 is 1.42 bits per heavy atom. The molecule has 3 aromatic rings. The fourth-order valence-corrected chi connectivity index (χ4v) is 10.5. The lowest BCUT2D eigenvalue weighted by atomic mass is 9.44. The van der Waals surface area contributed by atoms with Crippen LogP contribution in [0, 0.1) is 16.7 Å². The molecule has 64 heavy (non-hydrogen) atoms. The summed E-state index contributed by atoms with van der Waals surface area (Å²) in [7, 11) is 0. The average Bonchev–Trinajstić information content (AvgIpc) is 3.26. The number of ketones is 1. The number of carbonyl (C=O) groups is 6. The predicted octanol–water partition coefficient (Wildman–Crippen LogP) is 3.53. The maximum absolute atomic E-state index is 15.7. The molecule has 3 aromatic carbocycles. The summed E-state index contributed by atoms with van der Waals surface area (Å²) in [5.74, 6) is 5.35. The lowest BCUT2D eigenvalue weighted by Crippen LogP contribution is -2.82. The molecule has 4 aliphatic rings. The van der Waals surface area contributed by atoms with Gasteiger partial charge < -0.3 is 38.9 Å². The lowest BCUT2D eigenvalue weighted by Gasteiger charge is -2.67. The topological polar surface area (TPSA) is 251 Å². The van der Waals surface area contributed by atoms with Crippen molar-refractivity contribution in [2.45, 2.75) is 108 Å². The highest BCUT2D eigenvalue weighted by Gasteiger charge is 2.79. The summed E-state index contributed by atoms with van der Waals surface area (Å²) >= 11 is 0. The fourth-order valence-electron chi connectivity index (χ4n) is 10.5. The molecule has 7 rings (SSSR count). The molecule has 6 N–H and O–H groups in total. The number of Topliss-reactive ketones (excluding diaryl/α,β-unsaturated/α-hetero) is 1. The molecule has 1 amide bonds. The van der Waals surface area contributed by atoms with E-state index in [1.165, 1.54) is 26.0 Å². The quantitative estimate of drug-likeness (QED) is 0.0879. The van der Waals surface area contributed by atoms with Gasteiger partial charge in [0.05, 0.1) is 35.6 Å². The van der Waals surface area contributed by atoms with Gasteiger partial charge in [-0.1, -0.05) is 80.6 Å². The van der Waals surface area contributed by atoms with E-state index in [-0.39, 0.29) is 35.3 Å². The van der Waals surface area contributed by atoms with Crippen molar-refractivity contribution in [3.05, 3.63) is 119 Å². The zero-order valence-corrected chi connectivity index (χ0v) is 36.3. The van der Waals surface area contributed by atoms with E-state index in [9.17, 15) is 29.1 Å². The monoisotopic (exact) mass is 883 g/mol. The van der Waals surface area contributed by atoms with Gasteiger partial charge >= 0.3 is 23.9 Å². The molecule has 1 heterocycles. The minimum atomic E-state index is -2.37. The van der Waals surface area contributed by atoms with Crippen LogP contribution >= 0.6 is 0 Å². The lowest BCUT2D eigenvalue weighted by molar-refractivity contribution is -0.349. The van der Waals surface area contributed by atoms with Crippen molar-refractivity contribution in [1.82, 2.24) is 5.32 Å². The molecule has 1 unspecified atom stereocenters. The third-order valence-electron chi connectivity index (χ3n) is 13.7. The molecule has 17 heteroatoms. The van der Waals surface area contributed by atoms with Crippen molar-refractivity contribution in [3.8, 4) is 0 Å². The van der Waals surface area contributed by atoms with Crippen molar-refractivity contribution in [2.75, 3.05) is 6.61 Å². The van der Waals surface area contributed by atoms with E-state index in [2.05, 4.69) is 5.32 Å². The predicted molar refractivity (Wildman–Crippen MR) is 224 cm³/mol. The van der Waals surface area contributed by atoms with Crippen LogP contribution in [0.4, 0.5) is 0 Å². The second-order valence-electron chi connectivity index (χ2n) is 17.6. The van der Waals surface area contributed by atoms with E-state index in [1.54, 1.807) is 99.6 Å². The number of ether oxygens (including phenoxy) is 5. The zero-order valence-electron chi connectivity index (χ0n) is 36.3. The fraction of sp³-hybridized carbons (Fsp3) is 0.447. The van der Waals surface area contributed by atoms with Crippen molar-refractivity contribution < 1.29 is 67.2 Å². The van der Waals surface area contributed by atoms with Crippen LogP contribution in [0.3, 0.4) is 0 Å². The van der Waals surface area contributed by atoms with Gasteiger partial charge in [-0.3, -0.25) is 24.0 Å². The SMILES string of the molecule is CC(=O)O[C@H]1C(=O)[C@@]2(C)C([C@H](OC(=O)c3ccccc3)[C@]3(O)C[C@H](OC(=O)[C@H](ON)[C@@H](NC(=O)c4ccccc4)c4ccccc4)C(C)=C1C3(C)C)[C@]1(OC(C)=O)CO[C@@H]1C[C@@H]2ON. The molecule has 3 aliphatic carbocycles. The Hall–Kier alpha value is -5.82. The largest absolute Gasteiger partial charge is 0.456 e. The second kappa shape index (κ2) is 17.6. The Morgan fingerprint density at radius 1 is 0.828 bits per heavy atom. The molecule has 3 fully saturated rings. The van der Waals surface area contributed by atoms with Crippen LogP contribution in [0.2, 0.25) is 0 Å². The van der Waals surface area contributed by atoms with Crippen LogP contribution in [0.15, 0.2) is 102 Å². The van der Waals surface area contributed by atoms with Crippen molar-refractivity contribution in [3.63, 3.8) is 0 Å². The Morgan fingerprint density at radius 3 is 1.95 bits per heavy atom. The molecule has 2 bridgehead atoms. The highest BCUT2D eigenvalue weighted by Crippen LogP contribution is 2.64. The smallest absolute Gasteiger partial charge is 0.340 e. The molecule has 1 aliphatic heterocycles. The zero-order chi connectivity index (χ0) is 46.4. The number of fused-ring (bicyclic) bond motifs is 5.